The van der Waals surface area contributed by atoms with Crippen molar-refractivity contribution in [2.45, 2.75) is 0 Å². The second kappa shape index (κ2) is 11.1. The summed E-state index contributed by atoms with van der Waals surface area (Å²) in [7, 11) is 0. The Hall–Kier alpha value is -6.44. The van der Waals surface area contributed by atoms with Gasteiger partial charge in [0.25, 0.3) is 0 Å². The number of rotatable bonds is 4. The maximum Gasteiger partial charge on any atom is 0.143 e. The van der Waals surface area contributed by atoms with Crippen molar-refractivity contribution in [1.29, 1.82) is 0 Å². The Morgan fingerprint density at radius 3 is 1.69 bits per heavy atom. The fourth-order valence-corrected chi connectivity index (χ4v) is 6.83. The molecule has 0 spiro atoms. The molecule has 1 aromatic heterocycles. The number of benzene rings is 9. The zero-order valence-electron chi connectivity index (χ0n) is 43.3. The Morgan fingerprint density at radius 1 is 0.388 bits per heavy atom. The predicted octanol–water partition coefficient (Wildman–Crippen LogP) is 13.7. The van der Waals surface area contributed by atoms with Crippen LogP contribution in [-0.2, 0) is 0 Å². The first-order valence-corrected chi connectivity index (χ1v) is 15.4. The third-order valence-electron chi connectivity index (χ3n) is 8.87. The minimum absolute atomic E-state index is 0.0595. The van der Waals surface area contributed by atoms with Gasteiger partial charge in [0.05, 0.1) is 24.7 Å². The minimum atomic E-state index is -0.788. The predicted molar refractivity (Wildman–Crippen MR) is 208 cm³/mol. The van der Waals surface area contributed by atoms with E-state index in [1.807, 2.05) is 42.5 Å². The highest BCUT2D eigenvalue weighted by Crippen LogP contribution is 2.51. The highest BCUT2D eigenvalue weighted by molar-refractivity contribution is 6.26. The second-order valence-electron chi connectivity index (χ2n) is 11.5. The van der Waals surface area contributed by atoms with E-state index in [1.54, 1.807) is 12.1 Å². The largest absolute Gasteiger partial charge is 0.455 e. The van der Waals surface area contributed by atoms with Gasteiger partial charge < -0.3 is 4.42 Å². The van der Waals surface area contributed by atoms with Gasteiger partial charge in [-0.05, 0) is 72.1 Å². The van der Waals surface area contributed by atoms with E-state index in [0.717, 1.165) is 16.2 Å². The number of fused-ring (bicyclic) bond motifs is 6. The summed E-state index contributed by atoms with van der Waals surface area (Å²) in [4.78, 5) is 0. The summed E-state index contributed by atoms with van der Waals surface area (Å²) in [6, 6.07) is 8.97. The fourth-order valence-electron chi connectivity index (χ4n) is 6.83. The van der Waals surface area contributed by atoms with Gasteiger partial charge in [-0.3, -0.25) is 0 Å². The second-order valence-corrected chi connectivity index (χ2v) is 11.5. The van der Waals surface area contributed by atoms with Crippen molar-refractivity contribution in [3.8, 4) is 44.7 Å². The van der Waals surface area contributed by atoms with Crippen molar-refractivity contribution in [3.05, 3.63) is 182 Å². The molecule has 10 rings (SSSR count). The molecule has 1 heterocycles. The molecule has 0 aliphatic heterocycles. The molecular weight excluding hydrogens is 593 g/mol. The number of hydrogen-bond donors (Lipinski definition) is 0. The van der Waals surface area contributed by atoms with E-state index >= 15 is 0 Å². The van der Waals surface area contributed by atoms with Gasteiger partial charge in [-0.15, -0.1) is 0 Å². The van der Waals surface area contributed by atoms with Gasteiger partial charge in [-0.1, -0.05) is 169 Å². The molecule has 0 saturated heterocycles. The molecule has 0 radical (unpaired) electrons. The summed E-state index contributed by atoms with van der Waals surface area (Å²) in [5.41, 5.74) is -0.517. The van der Waals surface area contributed by atoms with Crippen molar-refractivity contribution in [3.63, 3.8) is 0 Å². The van der Waals surface area contributed by atoms with Crippen molar-refractivity contribution >= 4 is 54.1 Å². The lowest BCUT2D eigenvalue weighted by atomic mass is 9.84. The van der Waals surface area contributed by atoms with Crippen LogP contribution >= 0.6 is 0 Å². The van der Waals surface area contributed by atoms with E-state index in [2.05, 4.69) is 0 Å². The Bertz CT molecular complexity index is 3770. The number of furan rings is 1. The van der Waals surface area contributed by atoms with E-state index in [4.69, 9.17) is 23.6 Å². The summed E-state index contributed by atoms with van der Waals surface area (Å²) in [5.74, 6) is 0.0631. The molecule has 10 aromatic rings. The van der Waals surface area contributed by atoms with E-state index in [0.29, 0.717) is 10.9 Å². The van der Waals surface area contributed by atoms with Crippen LogP contribution in [0.5, 0.6) is 0 Å². The molecule has 0 saturated carbocycles. The minimum Gasteiger partial charge on any atom is -0.455 e. The van der Waals surface area contributed by atoms with Crippen molar-refractivity contribution < 1.29 is 29.1 Å². The molecule has 228 valence electrons. The SMILES string of the molecule is [2H]c1c([2H])c([2H])c(-c2ccc3c(-c4c5c([2H])c([2H])c([2H])c([2H])c5c(-c5c([2H])c([2H])c([2H])c([2H])c5[2H])c5c([2H])c([2H])c([2H])c([2H])c45)c(-c4cccc5ccc6ccccc6c45)oc3c2)c([2H])c1[2H]. The van der Waals surface area contributed by atoms with Crippen LogP contribution in [0.4, 0.5) is 0 Å². The van der Waals surface area contributed by atoms with Gasteiger partial charge in [0.2, 0.25) is 0 Å². The lowest BCUT2D eigenvalue weighted by Crippen LogP contribution is -1.92. The Labute approximate surface area is 309 Å². The summed E-state index contributed by atoms with van der Waals surface area (Å²) < 4.78 is 167. The van der Waals surface area contributed by atoms with Gasteiger partial charge in [-0.25, -0.2) is 0 Å². The summed E-state index contributed by atoms with van der Waals surface area (Å²) in [6.07, 6.45) is 0. The molecule has 0 aliphatic rings. The van der Waals surface area contributed by atoms with Gasteiger partial charge >= 0.3 is 0 Å². The first-order valence-electron chi connectivity index (χ1n) is 24.4. The van der Waals surface area contributed by atoms with Gasteiger partial charge in [-0.2, -0.15) is 0 Å². The zero-order valence-corrected chi connectivity index (χ0v) is 25.3. The molecule has 1 nitrogen and oxygen atoms in total. The first kappa shape index (κ1) is 15.2. The van der Waals surface area contributed by atoms with E-state index in [9.17, 15) is 5.48 Å². The van der Waals surface area contributed by atoms with Crippen LogP contribution in [0.25, 0.3) is 98.8 Å². The third kappa shape index (κ3) is 4.33. The molecule has 0 fully saturated rings. The van der Waals surface area contributed by atoms with Gasteiger partial charge in [0.15, 0.2) is 0 Å². The Kier molecular flexibility index (Phi) is 3.43. The molecule has 49 heavy (non-hydrogen) atoms. The maximum atomic E-state index is 9.62. The lowest BCUT2D eigenvalue weighted by Gasteiger charge is -2.18. The summed E-state index contributed by atoms with van der Waals surface area (Å²) in [5, 5.41) is 1.90. The van der Waals surface area contributed by atoms with Crippen LogP contribution in [0.2, 0.25) is 0 Å². The van der Waals surface area contributed by atoms with Crippen LogP contribution in [0.3, 0.4) is 0 Å². The topological polar surface area (TPSA) is 13.1 Å². The summed E-state index contributed by atoms with van der Waals surface area (Å²) in [6.45, 7) is 0. The Balaban J connectivity index is 1.51. The first-order chi connectivity index (χ1) is 31.8. The van der Waals surface area contributed by atoms with E-state index in [1.165, 1.54) is 18.2 Å². The fraction of sp³-hybridized carbons (Fsp3) is 0. The van der Waals surface area contributed by atoms with Crippen LogP contribution in [0, 0.1) is 0 Å². The maximum absolute atomic E-state index is 9.62. The highest BCUT2D eigenvalue weighted by atomic mass is 16.3. The molecule has 0 aliphatic carbocycles. The Morgan fingerprint density at radius 2 is 0.980 bits per heavy atom. The smallest absolute Gasteiger partial charge is 0.143 e. The molecule has 0 bridgehead atoms. The monoisotopic (exact) mass is 640 g/mol. The van der Waals surface area contributed by atoms with E-state index in [-0.39, 0.29) is 49.8 Å². The molecule has 9 aromatic carbocycles. The quantitative estimate of drug-likeness (QED) is 0.138. The van der Waals surface area contributed by atoms with Crippen molar-refractivity contribution in [2.75, 3.05) is 0 Å². The average Bonchev–Trinajstić information content (AvgIpc) is 3.71. The highest BCUT2D eigenvalue weighted by Gasteiger charge is 2.25. The zero-order chi connectivity index (χ0) is 48.0. The van der Waals surface area contributed by atoms with Crippen LogP contribution < -0.4 is 0 Å². The van der Waals surface area contributed by atoms with Gasteiger partial charge in [0.1, 0.15) is 11.3 Å². The lowest BCUT2D eigenvalue weighted by molar-refractivity contribution is 0.633. The van der Waals surface area contributed by atoms with Crippen molar-refractivity contribution in [1.82, 2.24) is 0 Å². The standard InChI is InChI=1S/C48H30O/c1-3-14-31(15-4-1)35-28-29-41-43(30-35)49-48(42-25-13-19-34-27-26-32-16-7-8-20-36(32)44(34)42)47(41)46-39-23-11-9-21-37(39)45(33-17-5-2-6-18-33)38-22-10-12-24-40(38)46/h1-30H/i1D,2D,3D,4D,5D,6D,9D,10D,11D,12D,14D,15D,17D,18D,21D,22D,23D,24D. The van der Waals surface area contributed by atoms with E-state index < -0.39 is 131 Å². The molecule has 0 atom stereocenters. The van der Waals surface area contributed by atoms with Crippen LogP contribution in [0.15, 0.2) is 186 Å². The van der Waals surface area contributed by atoms with Crippen molar-refractivity contribution in [2.24, 2.45) is 0 Å². The molecule has 0 amide bonds. The summed E-state index contributed by atoms with van der Waals surface area (Å²) >= 11 is 0. The normalized spacial score (nSPS) is 16.8. The molecular formula is C48H30O. The number of hydrogen-bond acceptors (Lipinski definition) is 1. The van der Waals surface area contributed by atoms with Crippen LogP contribution in [-0.4, -0.2) is 0 Å². The molecule has 0 N–H and O–H groups in total. The third-order valence-corrected chi connectivity index (χ3v) is 8.87. The van der Waals surface area contributed by atoms with Crippen LogP contribution in [0.1, 0.15) is 24.7 Å². The molecule has 0 unspecified atom stereocenters. The average molecular weight is 641 g/mol. The van der Waals surface area contributed by atoms with Gasteiger partial charge in [0, 0.05) is 27.5 Å². The molecule has 1 heteroatoms.